The molecule has 2 aromatic rings. The highest BCUT2D eigenvalue weighted by molar-refractivity contribution is 6.32. The van der Waals surface area contributed by atoms with Crippen LogP contribution >= 0.6 is 11.6 Å². The van der Waals surface area contributed by atoms with E-state index in [1.807, 2.05) is 6.92 Å². The first kappa shape index (κ1) is 12.7. The highest BCUT2D eigenvalue weighted by Crippen LogP contribution is 2.24. The molecule has 0 bridgehead atoms. The van der Waals surface area contributed by atoms with Crippen LogP contribution in [0.25, 0.3) is 0 Å². The number of aromatic hydroxyl groups is 1. The van der Waals surface area contributed by atoms with Gasteiger partial charge < -0.3 is 10.4 Å². The zero-order valence-corrected chi connectivity index (χ0v) is 10.6. The van der Waals surface area contributed by atoms with Crippen molar-refractivity contribution in [2.24, 2.45) is 0 Å². The molecule has 18 heavy (non-hydrogen) atoms. The first-order chi connectivity index (χ1) is 8.56. The number of hydrogen-bond donors (Lipinski definition) is 2. The van der Waals surface area contributed by atoms with E-state index in [0.717, 1.165) is 16.8 Å². The lowest BCUT2D eigenvalue weighted by atomic mass is 10.1. The van der Waals surface area contributed by atoms with Crippen molar-refractivity contribution in [3.63, 3.8) is 0 Å². The first-order valence-electron chi connectivity index (χ1n) is 5.53. The molecule has 0 amide bonds. The maximum absolute atomic E-state index is 13.1. The predicted octanol–water partition coefficient (Wildman–Crippen LogP) is 4.11. The fourth-order valence-corrected chi connectivity index (χ4v) is 1.85. The molecule has 0 aliphatic carbocycles. The van der Waals surface area contributed by atoms with E-state index < -0.39 is 0 Å². The zero-order valence-electron chi connectivity index (χ0n) is 9.87. The summed E-state index contributed by atoms with van der Waals surface area (Å²) in [7, 11) is 0. The van der Waals surface area contributed by atoms with Gasteiger partial charge >= 0.3 is 0 Å². The Kier molecular flexibility index (Phi) is 3.72. The van der Waals surface area contributed by atoms with Crippen molar-refractivity contribution in [1.82, 2.24) is 0 Å². The number of benzene rings is 2. The number of rotatable bonds is 3. The van der Waals surface area contributed by atoms with Crippen molar-refractivity contribution in [2.45, 2.75) is 13.5 Å². The minimum Gasteiger partial charge on any atom is -0.506 e. The Hall–Kier alpha value is -1.74. The van der Waals surface area contributed by atoms with Crippen LogP contribution in [0.3, 0.4) is 0 Å². The summed E-state index contributed by atoms with van der Waals surface area (Å²) in [5.41, 5.74) is 2.64. The topological polar surface area (TPSA) is 32.3 Å². The lowest BCUT2D eigenvalue weighted by molar-refractivity contribution is 0.475. The van der Waals surface area contributed by atoms with Gasteiger partial charge in [-0.15, -0.1) is 0 Å². The molecule has 0 aliphatic heterocycles. The van der Waals surface area contributed by atoms with Crippen LogP contribution in [0.15, 0.2) is 36.4 Å². The van der Waals surface area contributed by atoms with Crippen LogP contribution in [0.2, 0.25) is 5.02 Å². The van der Waals surface area contributed by atoms with E-state index in [1.54, 1.807) is 18.2 Å². The average Bonchev–Trinajstić information content (AvgIpc) is 2.34. The van der Waals surface area contributed by atoms with E-state index in [2.05, 4.69) is 5.32 Å². The molecule has 0 aliphatic rings. The Bertz CT molecular complexity index is 572. The quantitative estimate of drug-likeness (QED) is 0.875. The number of aryl methyl sites for hydroxylation is 1. The van der Waals surface area contributed by atoms with E-state index in [0.29, 0.717) is 11.6 Å². The van der Waals surface area contributed by atoms with Crippen LogP contribution in [0.1, 0.15) is 11.1 Å². The molecule has 0 spiro atoms. The molecule has 0 fully saturated rings. The SMILES string of the molecule is Cc1ccc(F)cc1NCc1ccc(O)c(Cl)c1. The van der Waals surface area contributed by atoms with E-state index in [4.69, 9.17) is 11.6 Å². The number of hydrogen-bond acceptors (Lipinski definition) is 2. The summed E-state index contributed by atoms with van der Waals surface area (Å²) >= 11 is 5.81. The third-order valence-corrected chi connectivity index (χ3v) is 3.00. The van der Waals surface area contributed by atoms with Gasteiger partial charge in [0.15, 0.2) is 0 Å². The first-order valence-corrected chi connectivity index (χ1v) is 5.91. The standard InChI is InChI=1S/C14H13ClFNO/c1-9-2-4-11(16)7-13(9)17-8-10-3-5-14(18)12(15)6-10/h2-7,17-18H,8H2,1H3. The molecule has 2 nitrogen and oxygen atoms in total. The summed E-state index contributed by atoms with van der Waals surface area (Å²) in [5, 5.41) is 12.8. The molecule has 2 aromatic carbocycles. The Morgan fingerprint density at radius 2 is 2.00 bits per heavy atom. The van der Waals surface area contributed by atoms with Gasteiger partial charge in [-0.2, -0.15) is 0 Å². The molecular weight excluding hydrogens is 253 g/mol. The largest absolute Gasteiger partial charge is 0.506 e. The minimum absolute atomic E-state index is 0.0577. The summed E-state index contributed by atoms with van der Waals surface area (Å²) in [4.78, 5) is 0. The average molecular weight is 266 g/mol. The lowest BCUT2D eigenvalue weighted by Gasteiger charge is -2.10. The second kappa shape index (κ2) is 5.27. The van der Waals surface area contributed by atoms with Gasteiger partial charge in [0.1, 0.15) is 11.6 Å². The molecule has 0 unspecified atom stereocenters. The molecule has 0 heterocycles. The van der Waals surface area contributed by atoms with E-state index in [1.165, 1.54) is 18.2 Å². The molecule has 2 rings (SSSR count). The second-order valence-corrected chi connectivity index (χ2v) is 4.51. The van der Waals surface area contributed by atoms with Crippen molar-refractivity contribution in [3.05, 3.63) is 58.4 Å². The Morgan fingerprint density at radius 1 is 1.22 bits per heavy atom. The van der Waals surface area contributed by atoms with Crippen LogP contribution in [-0.2, 0) is 6.54 Å². The summed E-state index contributed by atoms with van der Waals surface area (Å²) in [6.45, 7) is 2.43. The second-order valence-electron chi connectivity index (χ2n) is 4.10. The van der Waals surface area contributed by atoms with E-state index >= 15 is 0 Å². The third-order valence-electron chi connectivity index (χ3n) is 2.69. The van der Waals surface area contributed by atoms with Crippen molar-refractivity contribution in [3.8, 4) is 5.75 Å². The Labute approximate surface area is 110 Å². The van der Waals surface area contributed by atoms with Gasteiger partial charge in [0.05, 0.1) is 5.02 Å². The maximum atomic E-state index is 13.1. The van der Waals surface area contributed by atoms with Gasteiger partial charge in [-0.25, -0.2) is 4.39 Å². The van der Waals surface area contributed by atoms with Crippen LogP contribution in [-0.4, -0.2) is 5.11 Å². The van der Waals surface area contributed by atoms with Gasteiger partial charge in [0.2, 0.25) is 0 Å². The smallest absolute Gasteiger partial charge is 0.134 e. The highest BCUT2D eigenvalue weighted by atomic mass is 35.5. The Morgan fingerprint density at radius 3 is 2.72 bits per heavy atom. The molecule has 4 heteroatoms. The molecule has 0 aromatic heterocycles. The zero-order chi connectivity index (χ0) is 13.1. The number of phenolic OH excluding ortho intramolecular Hbond substituents is 1. The molecular formula is C14H13ClFNO. The summed E-state index contributed by atoms with van der Waals surface area (Å²) in [6.07, 6.45) is 0. The van der Waals surface area contributed by atoms with Crippen molar-refractivity contribution in [1.29, 1.82) is 0 Å². The molecule has 2 N–H and O–H groups in total. The fourth-order valence-electron chi connectivity index (χ4n) is 1.64. The predicted molar refractivity (Wildman–Crippen MR) is 71.6 cm³/mol. The lowest BCUT2D eigenvalue weighted by Crippen LogP contribution is -2.01. The summed E-state index contributed by atoms with van der Waals surface area (Å²) in [5.74, 6) is -0.214. The van der Waals surface area contributed by atoms with Crippen molar-refractivity contribution in [2.75, 3.05) is 5.32 Å². The maximum Gasteiger partial charge on any atom is 0.134 e. The number of nitrogens with one attached hydrogen (secondary N) is 1. The van der Waals surface area contributed by atoms with Gasteiger partial charge in [-0.1, -0.05) is 23.7 Å². The van der Waals surface area contributed by atoms with Gasteiger partial charge in [0.25, 0.3) is 0 Å². The van der Waals surface area contributed by atoms with Crippen LogP contribution in [0, 0.1) is 12.7 Å². The van der Waals surface area contributed by atoms with Crippen molar-refractivity contribution < 1.29 is 9.50 Å². The summed E-state index contributed by atoms with van der Waals surface area (Å²) < 4.78 is 13.1. The third kappa shape index (κ3) is 2.93. The van der Waals surface area contributed by atoms with Crippen LogP contribution < -0.4 is 5.32 Å². The van der Waals surface area contributed by atoms with Crippen LogP contribution in [0.5, 0.6) is 5.75 Å². The van der Waals surface area contributed by atoms with Crippen molar-refractivity contribution >= 4 is 17.3 Å². The number of halogens is 2. The van der Waals surface area contributed by atoms with Crippen LogP contribution in [0.4, 0.5) is 10.1 Å². The number of anilines is 1. The Balaban J connectivity index is 2.11. The number of phenols is 1. The van der Waals surface area contributed by atoms with Gasteiger partial charge in [0, 0.05) is 12.2 Å². The highest BCUT2D eigenvalue weighted by Gasteiger charge is 2.02. The molecule has 94 valence electrons. The van der Waals surface area contributed by atoms with E-state index in [-0.39, 0.29) is 11.6 Å². The van der Waals surface area contributed by atoms with Gasteiger partial charge in [-0.05, 0) is 42.3 Å². The fraction of sp³-hybridized carbons (Fsp3) is 0.143. The molecule has 0 radical (unpaired) electrons. The van der Waals surface area contributed by atoms with E-state index in [9.17, 15) is 9.50 Å². The molecule has 0 atom stereocenters. The molecule has 0 saturated carbocycles. The monoisotopic (exact) mass is 265 g/mol. The summed E-state index contributed by atoms with van der Waals surface area (Å²) in [6, 6.07) is 9.59. The minimum atomic E-state index is -0.271. The molecule has 0 saturated heterocycles. The normalized spacial score (nSPS) is 10.4. The van der Waals surface area contributed by atoms with Gasteiger partial charge in [-0.3, -0.25) is 0 Å².